The monoisotopic (exact) mass is 161 g/mol. The molecule has 0 radical (unpaired) electrons. The zero-order chi connectivity index (χ0) is 8.97. The molecule has 0 fully saturated rings. The molecule has 0 aromatic heterocycles. The molecule has 0 aliphatic carbocycles. The van der Waals surface area contributed by atoms with E-state index >= 15 is 0 Å². The molecule has 2 heteroatoms. The summed E-state index contributed by atoms with van der Waals surface area (Å²) in [6, 6.07) is 7.35. The average molecular weight is 161 g/mol. The Labute approximate surface area is 72.2 Å². The van der Waals surface area contributed by atoms with Crippen LogP contribution >= 0.6 is 0 Å². The smallest absolute Gasteiger partial charge is 0.121 e. The molecule has 0 amide bonds. The molecule has 2 N–H and O–H groups in total. The van der Waals surface area contributed by atoms with Gasteiger partial charge in [0.2, 0.25) is 0 Å². The Hall–Kier alpha value is -1.46. The Balaban J connectivity index is 2.81. The van der Waals surface area contributed by atoms with Gasteiger partial charge in [-0.2, -0.15) is 0 Å². The number of terminal acetylenes is 1. The zero-order valence-electron chi connectivity index (χ0n) is 6.91. The lowest BCUT2D eigenvalue weighted by Gasteiger charge is -2.08. The number of rotatable bonds is 2. The van der Waals surface area contributed by atoms with Gasteiger partial charge in [-0.05, 0) is 25.1 Å². The van der Waals surface area contributed by atoms with Crippen molar-refractivity contribution in [1.29, 1.82) is 0 Å². The van der Waals surface area contributed by atoms with Gasteiger partial charge in [-0.1, -0.05) is 12.0 Å². The van der Waals surface area contributed by atoms with Crippen molar-refractivity contribution in [2.24, 2.45) is 0 Å². The Bertz CT molecular complexity index is 299. The molecule has 1 aromatic carbocycles. The van der Waals surface area contributed by atoms with Gasteiger partial charge in [-0.15, -0.1) is 6.42 Å². The fourth-order valence-electron chi connectivity index (χ4n) is 0.940. The third-order valence-electron chi connectivity index (χ3n) is 1.40. The molecule has 0 saturated carbocycles. The predicted molar refractivity (Wildman–Crippen MR) is 49.7 cm³/mol. The van der Waals surface area contributed by atoms with E-state index in [9.17, 15) is 0 Å². The Kier molecular flexibility index (Phi) is 2.73. The molecule has 1 unspecified atom stereocenters. The summed E-state index contributed by atoms with van der Waals surface area (Å²) in [4.78, 5) is 0. The van der Waals surface area contributed by atoms with Crippen LogP contribution in [0, 0.1) is 12.3 Å². The minimum absolute atomic E-state index is 0.557. The maximum atomic E-state index is 9.01. The van der Waals surface area contributed by atoms with Crippen LogP contribution in [0.3, 0.4) is 0 Å². The van der Waals surface area contributed by atoms with Crippen LogP contribution < -0.4 is 5.32 Å². The molecule has 1 aromatic rings. The van der Waals surface area contributed by atoms with Crippen molar-refractivity contribution in [1.82, 2.24) is 0 Å². The number of aliphatic hydroxyl groups excluding tert-OH is 1. The molecular weight excluding hydrogens is 150 g/mol. The van der Waals surface area contributed by atoms with E-state index in [4.69, 9.17) is 11.5 Å². The van der Waals surface area contributed by atoms with Gasteiger partial charge in [0.05, 0.1) is 0 Å². The molecule has 0 spiro atoms. The van der Waals surface area contributed by atoms with Gasteiger partial charge < -0.3 is 10.4 Å². The molecule has 0 heterocycles. The van der Waals surface area contributed by atoms with E-state index in [0.717, 1.165) is 11.3 Å². The lowest BCUT2D eigenvalue weighted by atomic mass is 10.2. The summed E-state index contributed by atoms with van der Waals surface area (Å²) in [5.74, 6) is 2.52. The van der Waals surface area contributed by atoms with Gasteiger partial charge in [0.15, 0.2) is 0 Å². The largest absolute Gasteiger partial charge is 0.374 e. The van der Waals surface area contributed by atoms with Crippen molar-refractivity contribution >= 4 is 5.69 Å². The molecule has 0 bridgehead atoms. The van der Waals surface area contributed by atoms with Crippen molar-refractivity contribution in [3.63, 3.8) is 0 Å². The predicted octanol–water partition coefficient (Wildman–Crippen LogP) is 1.42. The molecule has 12 heavy (non-hydrogen) atoms. The summed E-state index contributed by atoms with van der Waals surface area (Å²) in [5, 5.41) is 11.8. The zero-order valence-corrected chi connectivity index (χ0v) is 6.91. The summed E-state index contributed by atoms with van der Waals surface area (Å²) in [7, 11) is 0. The van der Waals surface area contributed by atoms with Crippen molar-refractivity contribution in [2.45, 2.75) is 13.2 Å². The van der Waals surface area contributed by atoms with Gasteiger partial charge >= 0.3 is 0 Å². The van der Waals surface area contributed by atoms with E-state index in [2.05, 4.69) is 11.2 Å². The molecule has 0 aliphatic heterocycles. The average Bonchev–Trinajstić information content (AvgIpc) is 2.03. The number of hydrogen-bond donors (Lipinski definition) is 2. The first kappa shape index (κ1) is 8.63. The van der Waals surface area contributed by atoms with Crippen molar-refractivity contribution < 1.29 is 5.11 Å². The third kappa shape index (κ3) is 2.30. The summed E-state index contributed by atoms with van der Waals surface area (Å²) in [5.41, 5.74) is 1.64. The van der Waals surface area contributed by atoms with Crippen LogP contribution in [0.1, 0.15) is 12.5 Å². The minimum atomic E-state index is -0.557. The van der Waals surface area contributed by atoms with Crippen LogP contribution in [-0.4, -0.2) is 11.3 Å². The minimum Gasteiger partial charge on any atom is -0.374 e. The Morgan fingerprint density at radius 1 is 1.58 bits per heavy atom. The van der Waals surface area contributed by atoms with Crippen molar-refractivity contribution in [2.75, 3.05) is 5.32 Å². The second kappa shape index (κ2) is 3.80. The van der Waals surface area contributed by atoms with E-state index in [1.165, 1.54) is 0 Å². The number of aliphatic hydroxyl groups is 1. The van der Waals surface area contributed by atoms with Crippen LogP contribution in [-0.2, 0) is 0 Å². The Morgan fingerprint density at radius 2 is 2.33 bits per heavy atom. The van der Waals surface area contributed by atoms with Gasteiger partial charge in [-0.25, -0.2) is 0 Å². The molecule has 2 nitrogen and oxygen atoms in total. The first-order valence-electron chi connectivity index (χ1n) is 3.73. The Morgan fingerprint density at radius 3 is 2.92 bits per heavy atom. The molecule has 1 atom stereocenters. The number of benzene rings is 1. The highest BCUT2D eigenvalue weighted by Gasteiger charge is 1.95. The van der Waals surface area contributed by atoms with E-state index in [1.54, 1.807) is 6.92 Å². The maximum Gasteiger partial charge on any atom is 0.121 e. The van der Waals surface area contributed by atoms with Gasteiger partial charge in [0, 0.05) is 11.3 Å². The maximum absolute atomic E-state index is 9.01. The number of hydrogen-bond acceptors (Lipinski definition) is 2. The van der Waals surface area contributed by atoms with Crippen LogP contribution in [0.2, 0.25) is 0 Å². The summed E-state index contributed by atoms with van der Waals surface area (Å²) < 4.78 is 0. The van der Waals surface area contributed by atoms with E-state index < -0.39 is 6.23 Å². The van der Waals surface area contributed by atoms with E-state index in [0.29, 0.717) is 0 Å². The molecule has 1 rings (SSSR count). The fourth-order valence-corrected chi connectivity index (χ4v) is 0.940. The lowest BCUT2D eigenvalue weighted by molar-refractivity contribution is 0.224. The quantitative estimate of drug-likeness (QED) is 0.508. The van der Waals surface area contributed by atoms with Crippen molar-refractivity contribution in [3.05, 3.63) is 29.8 Å². The van der Waals surface area contributed by atoms with Crippen LogP contribution in [0.25, 0.3) is 0 Å². The van der Waals surface area contributed by atoms with Crippen molar-refractivity contribution in [3.8, 4) is 12.3 Å². The lowest BCUT2D eigenvalue weighted by Crippen LogP contribution is -2.13. The van der Waals surface area contributed by atoms with Crippen LogP contribution in [0.4, 0.5) is 5.69 Å². The van der Waals surface area contributed by atoms with Crippen LogP contribution in [0.5, 0.6) is 0 Å². The highest BCUT2D eigenvalue weighted by molar-refractivity contribution is 5.50. The van der Waals surface area contributed by atoms with E-state index in [-0.39, 0.29) is 0 Å². The first-order valence-corrected chi connectivity index (χ1v) is 3.73. The van der Waals surface area contributed by atoms with Gasteiger partial charge in [0.25, 0.3) is 0 Å². The molecule has 0 saturated heterocycles. The fraction of sp³-hybridized carbons (Fsp3) is 0.200. The molecular formula is C10H11NO. The highest BCUT2D eigenvalue weighted by atomic mass is 16.3. The van der Waals surface area contributed by atoms with Crippen LogP contribution in [0.15, 0.2) is 24.3 Å². The standard InChI is InChI=1S/C10H11NO/c1-3-9-5-4-6-10(7-9)11-8(2)12/h1,4-8,11-12H,2H3. The number of nitrogens with one attached hydrogen (secondary N) is 1. The summed E-state index contributed by atoms with van der Waals surface area (Å²) in [6.45, 7) is 1.66. The topological polar surface area (TPSA) is 32.3 Å². The SMILES string of the molecule is C#Cc1cccc(NC(C)O)c1. The number of anilines is 1. The van der Waals surface area contributed by atoms with Gasteiger partial charge in [-0.3, -0.25) is 0 Å². The second-order valence-corrected chi connectivity index (χ2v) is 2.55. The first-order chi connectivity index (χ1) is 5.72. The normalized spacial score (nSPS) is 11.8. The van der Waals surface area contributed by atoms with Gasteiger partial charge in [0.1, 0.15) is 6.23 Å². The molecule has 0 aliphatic rings. The highest BCUT2D eigenvalue weighted by Crippen LogP contribution is 2.09. The second-order valence-electron chi connectivity index (χ2n) is 2.55. The molecule has 62 valence electrons. The third-order valence-corrected chi connectivity index (χ3v) is 1.40. The summed E-state index contributed by atoms with van der Waals surface area (Å²) >= 11 is 0. The summed E-state index contributed by atoms with van der Waals surface area (Å²) in [6.07, 6.45) is 4.65. The van der Waals surface area contributed by atoms with E-state index in [1.807, 2.05) is 24.3 Å².